The number of benzene rings is 1. The highest BCUT2D eigenvalue weighted by molar-refractivity contribution is 6.31. The maximum absolute atomic E-state index is 6.13. The Morgan fingerprint density at radius 1 is 1.42 bits per heavy atom. The summed E-state index contributed by atoms with van der Waals surface area (Å²) in [5.74, 6) is 1.67. The van der Waals surface area contributed by atoms with Gasteiger partial charge in [-0.15, -0.1) is 11.6 Å². The van der Waals surface area contributed by atoms with E-state index in [0.717, 1.165) is 47.8 Å². The van der Waals surface area contributed by atoms with Crippen molar-refractivity contribution in [2.45, 2.75) is 18.9 Å². The molecular weight excluding hydrogens is 281 g/mol. The van der Waals surface area contributed by atoms with Crippen LogP contribution in [0.4, 0.5) is 0 Å². The Labute approximate surface area is 123 Å². The zero-order valence-electron chi connectivity index (χ0n) is 10.9. The number of likely N-dealkylation sites (tertiary alicyclic amines) is 1. The van der Waals surface area contributed by atoms with E-state index in [1.54, 1.807) is 0 Å². The minimum Gasteiger partial charge on any atom is -0.323 e. The molecule has 0 bridgehead atoms. The summed E-state index contributed by atoms with van der Waals surface area (Å²) in [5, 5.41) is 0.762. The third-order valence-electron chi connectivity index (χ3n) is 3.77. The summed E-state index contributed by atoms with van der Waals surface area (Å²) in [6.07, 6.45) is 1.96. The van der Waals surface area contributed by atoms with Gasteiger partial charge in [-0.05, 0) is 38.2 Å². The molecule has 2 heterocycles. The van der Waals surface area contributed by atoms with Crippen molar-refractivity contribution in [3.8, 4) is 0 Å². The second kappa shape index (κ2) is 5.31. The van der Waals surface area contributed by atoms with E-state index in [0.29, 0.717) is 11.9 Å². The van der Waals surface area contributed by atoms with Crippen LogP contribution >= 0.6 is 23.2 Å². The van der Waals surface area contributed by atoms with Gasteiger partial charge in [0.2, 0.25) is 0 Å². The molecule has 1 unspecified atom stereocenters. The molecule has 3 nitrogen and oxygen atoms in total. The first-order valence-corrected chi connectivity index (χ1v) is 7.51. The Bertz CT molecular complexity index is 594. The number of hydrogen-bond donors (Lipinski definition) is 0. The van der Waals surface area contributed by atoms with Crippen LogP contribution in [0.5, 0.6) is 0 Å². The fourth-order valence-electron chi connectivity index (χ4n) is 2.91. The smallest absolute Gasteiger partial charge is 0.111 e. The van der Waals surface area contributed by atoms with E-state index in [1.807, 2.05) is 18.2 Å². The van der Waals surface area contributed by atoms with E-state index < -0.39 is 0 Å². The predicted molar refractivity (Wildman–Crippen MR) is 80.3 cm³/mol. The quantitative estimate of drug-likeness (QED) is 0.810. The second-order valence-electron chi connectivity index (χ2n) is 5.17. The maximum Gasteiger partial charge on any atom is 0.111 e. The highest BCUT2D eigenvalue weighted by Crippen LogP contribution is 2.29. The molecular formula is C14H17Cl2N3. The number of fused-ring (bicyclic) bond motifs is 1. The summed E-state index contributed by atoms with van der Waals surface area (Å²) in [6.45, 7) is 2.19. The Kier molecular flexibility index (Phi) is 3.70. The highest BCUT2D eigenvalue weighted by atomic mass is 35.5. The van der Waals surface area contributed by atoms with Gasteiger partial charge in [0, 0.05) is 29.9 Å². The topological polar surface area (TPSA) is 21.1 Å². The molecule has 0 spiro atoms. The predicted octanol–water partition coefficient (Wildman–Crippen LogP) is 3.35. The van der Waals surface area contributed by atoms with Gasteiger partial charge in [0.25, 0.3) is 0 Å². The molecule has 0 N–H and O–H groups in total. The van der Waals surface area contributed by atoms with Crippen LogP contribution in [0, 0.1) is 0 Å². The van der Waals surface area contributed by atoms with Crippen molar-refractivity contribution in [1.29, 1.82) is 0 Å². The molecule has 1 aliphatic heterocycles. The van der Waals surface area contributed by atoms with E-state index in [-0.39, 0.29) is 0 Å². The van der Waals surface area contributed by atoms with Crippen molar-refractivity contribution < 1.29 is 0 Å². The Balaban J connectivity index is 2.12. The van der Waals surface area contributed by atoms with Gasteiger partial charge in [0.05, 0.1) is 11.0 Å². The zero-order valence-corrected chi connectivity index (χ0v) is 12.5. The third-order valence-corrected chi connectivity index (χ3v) is 4.20. The van der Waals surface area contributed by atoms with E-state index >= 15 is 0 Å². The van der Waals surface area contributed by atoms with E-state index in [4.69, 9.17) is 28.2 Å². The molecule has 0 radical (unpaired) electrons. The second-order valence-corrected chi connectivity index (χ2v) is 5.99. The lowest BCUT2D eigenvalue weighted by molar-refractivity contribution is 0.392. The molecule has 102 valence electrons. The van der Waals surface area contributed by atoms with Gasteiger partial charge in [-0.25, -0.2) is 4.98 Å². The SMILES string of the molecule is CN1CCC(n2c(CCCl)nc3ccc(Cl)cc32)C1. The first-order valence-electron chi connectivity index (χ1n) is 6.60. The van der Waals surface area contributed by atoms with E-state index in [1.165, 1.54) is 0 Å². The number of aryl methyl sites for hydroxylation is 1. The Hall–Kier alpha value is -0.770. The molecule has 1 fully saturated rings. The van der Waals surface area contributed by atoms with Crippen molar-refractivity contribution in [2.24, 2.45) is 0 Å². The molecule has 0 amide bonds. The van der Waals surface area contributed by atoms with Gasteiger partial charge in [-0.3, -0.25) is 0 Å². The number of aromatic nitrogens is 2. The molecule has 1 saturated heterocycles. The molecule has 1 aromatic carbocycles. The molecule has 3 rings (SSSR count). The summed E-state index contributed by atoms with van der Waals surface area (Å²) in [6, 6.07) is 6.38. The van der Waals surface area contributed by atoms with Gasteiger partial charge < -0.3 is 9.47 Å². The monoisotopic (exact) mass is 297 g/mol. The fourth-order valence-corrected chi connectivity index (χ4v) is 3.24. The van der Waals surface area contributed by atoms with Crippen molar-refractivity contribution >= 4 is 34.2 Å². The standard InChI is InChI=1S/C14H17Cl2N3/c1-18-7-5-11(9-18)19-13-8-10(16)2-3-12(13)17-14(19)4-6-15/h2-3,8,11H,4-7,9H2,1H3. The molecule has 0 aliphatic carbocycles. The number of imidazole rings is 1. The van der Waals surface area contributed by atoms with Crippen molar-refractivity contribution in [1.82, 2.24) is 14.5 Å². The van der Waals surface area contributed by atoms with Crippen LogP contribution in [-0.2, 0) is 6.42 Å². The molecule has 2 aromatic rings. The fraction of sp³-hybridized carbons (Fsp3) is 0.500. The van der Waals surface area contributed by atoms with Gasteiger partial charge in [0.15, 0.2) is 0 Å². The lowest BCUT2D eigenvalue weighted by Gasteiger charge is -2.16. The normalized spacial score (nSPS) is 20.5. The molecule has 5 heteroatoms. The van der Waals surface area contributed by atoms with Crippen molar-refractivity contribution in [3.63, 3.8) is 0 Å². The van der Waals surface area contributed by atoms with Gasteiger partial charge in [-0.2, -0.15) is 0 Å². The summed E-state index contributed by atoms with van der Waals surface area (Å²) in [5.41, 5.74) is 2.15. The van der Waals surface area contributed by atoms with E-state index in [9.17, 15) is 0 Å². The lowest BCUT2D eigenvalue weighted by atomic mass is 10.2. The number of nitrogens with zero attached hydrogens (tertiary/aromatic N) is 3. The van der Waals surface area contributed by atoms with Crippen LogP contribution in [0.25, 0.3) is 11.0 Å². The number of hydrogen-bond acceptors (Lipinski definition) is 2. The molecule has 1 aromatic heterocycles. The summed E-state index contributed by atoms with van der Waals surface area (Å²) in [4.78, 5) is 7.07. The van der Waals surface area contributed by atoms with Gasteiger partial charge >= 0.3 is 0 Å². The molecule has 0 saturated carbocycles. The molecule has 1 aliphatic rings. The largest absolute Gasteiger partial charge is 0.323 e. The van der Waals surface area contributed by atoms with Gasteiger partial charge in [0.1, 0.15) is 5.82 Å². The maximum atomic E-state index is 6.13. The Morgan fingerprint density at radius 2 is 2.26 bits per heavy atom. The zero-order chi connectivity index (χ0) is 13.4. The summed E-state index contributed by atoms with van der Waals surface area (Å²) < 4.78 is 2.34. The Morgan fingerprint density at radius 3 is 2.95 bits per heavy atom. The first-order chi connectivity index (χ1) is 9.19. The number of likely N-dealkylation sites (N-methyl/N-ethyl adjacent to an activating group) is 1. The number of rotatable bonds is 3. The number of alkyl halides is 1. The van der Waals surface area contributed by atoms with Gasteiger partial charge in [-0.1, -0.05) is 11.6 Å². The number of halogens is 2. The first kappa shape index (κ1) is 13.2. The highest BCUT2D eigenvalue weighted by Gasteiger charge is 2.25. The van der Waals surface area contributed by atoms with Crippen LogP contribution in [0.1, 0.15) is 18.3 Å². The summed E-state index contributed by atoms with van der Waals surface area (Å²) >= 11 is 12.0. The van der Waals surface area contributed by atoms with Crippen LogP contribution in [0.15, 0.2) is 18.2 Å². The van der Waals surface area contributed by atoms with Crippen molar-refractivity contribution in [3.05, 3.63) is 29.0 Å². The van der Waals surface area contributed by atoms with Crippen LogP contribution in [-0.4, -0.2) is 40.5 Å². The van der Waals surface area contributed by atoms with E-state index in [2.05, 4.69) is 16.5 Å². The molecule has 19 heavy (non-hydrogen) atoms. The average Bonchev–Trinajstić information content (AvgIpc) is 2.93. The van der Waals surface area contributed by atoms with Crippen molar-refractivity contribution in [2.75, 3.05) is 26.0 Å². The summed E-state index contributed by atoms with van der Waals surface area (Å²) in [7, 11) is 2.16. The molecule has 1 atom stereocenters. The average molecular weight is 298 g/mol. The third kappa shape index (κ3) is 2.47. The van der Waals surface area contributed by atoms with Crippen LogP contribution < -0.4 is 0 Å². The minimum atomic E-state index is 0.478. The lowest BCUT2D eigenvalue weighted by Crippen LogP contribution is -2.18. The minimum absolute atomic E-state index is 0.478. The van der Waals surface area contributed by atoms with Crippen LogP contribution in [0.2, 0.25) is 5.02 Å². The van der Waals surface area contributed by atoms with Crippen LogP contribution in [0.3, 0.4) is 0 Å².